The molecule has 0 spiro atoms. The molecule has 0 bridgehead atoms. The van der Waals surface area contributed by atoms with Crippen molar-refractivity contribution in [2.75, 3.05) is 0 Å². The van der Waals surface area contributed by atoms with Gasteiger partial charge in [0.15, 0.2) is 5.76 Å². The predicted molar refractivity (Wildman–Crippen MR) is 74.0 cm³/mol. The van der Waals surface area contributed by atoms with Crippen LogP contribution in [0.2, 0.25) is 0 Å². The Balaban J connectivity index is 1.73. The van der Waals surface area contributed by atoms with Crippen LogP contribution >= 0.6 is 0 Å². The second-order valence-corrected chi connectivity index (χ2v) is 4.99. The zero-order chi connectivity index (χ0) is 12.8. The summed E-state index contributed by atoms with van der Waals surface area (Å²) < 4.78 is 0. The average Bonchev–Trinajstić information content (AvgIpc) is 3.17. The highest BCUT2D eigenvalue weighted by Gasteiger charge is 2.20. The van der Waals surface area contributed by atoms with E-state index in [-0.39, 0.29) is 5.76 Å². The topological polar surface area (TPSA) is 68.5 Å². The van der Waals surface area contributed by atoms with Gasteiger partial charge in [0.25, 0.3) is 0 Å². The van der Waals surface area contributed by atoms with E-state index in [0.717, 1.165) is 24.5 Å². The highest BCUT2D eigenvalue weighted by Crippen LogP contribution is 2.34. The summed E-state index contributed by atoms with van der Waals surface area (Å²) >= 11 is 0. The van der Waals surface area contributed by atoms with Crippen molar-refractivity contribution in [3.63, 3.8) is 0 Å². The lowest BCUT2D eigenvalue weighted by atomic mass is 10.1. The third-order valence-electron chi connectivity index (χ3n) is 3.37. The third kappa shape index (κ3) is 4.02. The molecular weight excluding hydrogens is 226 g/mol. The smallest absolute Gasteiger partial charge is 0.153 e. The van der Waals surface area contributed by atoms with Gasteiger partial charge in [0.1, 0.15) is 5.82 Å². The number of allylic oxidation sites excluding steroid dienone is 2. The molecule has 2 aliphatic rings. The highest BCUT2D eigenvalue weighted by atomic mass is 16.3. The van der Waals surface area contributed by atoms with Gasteiger partial charge in [-0.15, -0.1) is 0 Å². The molecule has 0 aromatic heterocycles. The number of aliphatic imine (C=N–C) groups is 1. The Morgan fingerprint density at radius 2 is 2.22 bits per heavy atom. The van der Waals surface area contributed by atoms with E-state index >= 15 is 0 Å². The van der Waals surface area contributed by atoms with Crippen molar-refractivity contribution in [1.82, 2.24) is 5.32 Å². The van der Waals surface area contributed by atoms with E-state index in [1.807, 2.05) is 0 Å². The summed E-state index contributed by atoms with van der Waals surface area (Å²) in [6.45, 7) is 0. The van der Waals surface area contributed by atoms with Crippen molar-refractivity contribution in [1.29, 1.82) is 5.41 Å². The minimum atomic E-state index is 0.222. The molecule has 98 valence electrons. The quantitative estimate of drug-likeness (QED) is 0.477. The number of nitrogens with one attached hydrogen (secondary N) is 2. The lowest BCUT2D eigenvalue weighted by molar-refractivity contribution is 0.433. The molecule has 2 rings (SSSR count). The fourth-order valence-electron chi connectivity index (χ4n) is 2.12. The first-order valence-corrected chi connectivity index (χ1v) is 6.74. The van der Waals surface area contributed by atoms with Gasteiger partial charge >= 0.3 is 0 Å². The summed E-state index contributed by atoms with van der Waals surface area (Å²) in [5, 5.41) is 19.5. The van der Waals surface area contributed by atoms with Crippen LogP contribution in [0.15, 0.2) is 28.8 Å². The number of nitrogens with zero attached hydrogens (tertiary/aromatic N) is 1. The molecule has 0 saturated heterocycles. The van der Waals surface area contributed by atoms with E-state index in [0.29, 0.717) is 5.82 Å². The molecule has 0 radical (unpaired) electrons. The molecule has 1 saturated carbocycles. The maximum absolute atomic E-state index is 9.69. The van der Waals surface area contributed by atoms with Crippen LogP contribution in [0.25, 0.3) is 0 Å². The third-order valence-corrected chi connectivity index (χ3v) is 3.37. The van der Waals surface area contributed by atoms with Gasteiger partial charge in [-0.25, -0.2) is 4.99 Å². The van der Waals surface area contributed by atoms with Crippen molar-refractivity contribution in [3.8, 4) is 0 Å². The first-order valence-electron chi connectivity index (χ1n) is 6.74. The minimum absolute atomic E-state index is 0.222. The average molecular weight is 247 g/mol. The molecule has 0 amide bonds. The second-order valence-electron chi connectivity index (χ2n) is 4.99. The summed E-state index contributed by atoms with van der Waals surface area (Å²) in [5.41, 5.74) is 0.730. The van der Waals surface area contributed by atoms with E-state index < -0.39 is 0 Å². The Morgan fingerprint density at radius 1 is 1.39 bits per heavy atom. The Bertz CT molecular complexity index is 392. The molecule has 1 aliphatic carbocycles. The molecule has 0 atom stereocenters. The van der Waals surface area contributed by atoms with Gasteiger partial charge in [0, 0.05) is 12.4 Å². The molecule has 0 aromatic rings. The number of aliphatic hydroxyl groups excluding tert-OH is 1. The first kappa shape index (κ1) is 12.9. The van der Waals surface area contributed by atoms with Gasteiger partial charge in [0.2, 0.25) is 0 Å². The Morgan fingerprint density at radius 3 is 2.94 bits per heavy atom. The molecule has 1 fully saturated rings. The molecule has 0 aromatic carbocycles. The van der Waals surface area contributed by atoms with Crippen LogP contribution in [-0.2, 0) is 0 Å². The van der Waals surface area contributed by atoms with Gasteiger partial charge in [-0.2, -0.15) is 0 Å². The van der Waals surface area contributed by atoms with Crippen molar-refractivity contribution in [2.24, 2.45) is 10.9 Å². The van der Waals surface area contributed by atoms with Crippen molar-refractivity contribution >= 4 is 11.9 Å². The van der Waals surface area contributed by atoms with E-state index in [4.69, 9.17) is 5.41 Å². The van der Waals surface area contributed by atoms with Crippen LogP contribution in [0, 0.1) is 11.3 Å². The predicted octanol–water partition coefficient (Wildman–Crippen LogP) is 3.28. The molecule has 1 heterocycles. The van der Waals surface area contributed by atoms with Gasteiger partial charge < -0.3 is 15.8 Å². The summed E-state index contributed by atoms with van der Waals surface area (Å²) in [6.07, 6.45) is 12.9. The first-order chi connectivity index (χ1) is 8.79. The molecule has 1 aliphatic heterocycles. The van der Waals surface area contributed by atoms with E-state index in [9.17, 15) is 5.11 Å². The normalized spacial score (nSPS) is 21.2. The lowest BCUT2D eigenvalue weighted by Crippen LogP contribution is -2.17. The maximum atomic E-state index is 9.69. The summed E-state index contributed by atoms with van der Waals surface area (Å²) in [7, 11) is 0. The Hall–Kier alpha value is -1.58. The van der Waals surface area contributed by atoms with Crippen molar-refractivity contribution in [2.45, 2.75) is 44.9 Å². The van der Waals surface area contributed by atoms with E-state index in [1.165, 1.54) is 38.3 Å². The number of aliphatic hydroxyl groups is 1. The van der Waals surface area contributed by atoms with Gasteiger partial charge in [-0.1, -0.05) is 32.1 Å². The van der Waals surface area contributed by atoms with Crippen LogP contribution in [0.3, 0.4) is 0 Å². The van der Waals surface area contributed by atoms with Crippen LogP contribution in [0.4, 0.5) is 0 Å². The Labute approximate surface area is 108 Å². The molecule has 18 heavy (non-hydrogen) atoms. The second kappa shape index (κ2) is 6.38. The zero-order valence-corrected chi connectivity index (χ0v) is 10.7. The van der Waals surface area contributed by atoms with Crippen molar-refractivity contribution < 1.29 is 5.11 Å². The zero-order valence-electron chi connectivity index (χ0n) is 10.7. The molecule has 4 heteroatoms. The number of rotatable bonds is 7. The summed E-state index contributed by atoms with van der Waals surface area (Å²) in [6, 6.07) is 0. The summed E-state index contributed by atoms with van der Waals surface area (Å²) in [4.78, 5) is 4.29. The monoisotopic (exact) mass is 247 g/mol. The van der Waals surface area contributed by atoms with Crippen LogP contribution in [-0.4, -0.2) is 17.0 Å². The number of unbranched alkanes of at least 4 members (excludes halogenated alkanes) is 2. The number of hydrogen-bond acceptors (Lipinski definition) is 4. The molecule has 0 unspecified atom stereocenters. The molecular formula is C14H21N3O. The minimum Gasteiger partial charge on any atom is -0.505 e. The van der Waals surface area contributed by atoms with E-state index in [2.05, 4.69) is 10.3 Å². The summed E-state index contributed by atoms with van der Waals surface area (Å²) in [5.74, 6) is 1.85. The van der Waals surface area contributed by atoms with E-state index in [1.54, 1.807) is 12.3 Å². The highest BCUT2D eigenvalue weighted by molar-refractivity contribution is 5.99. The van der Waals surface area contributed by atoms with Crippen LogP contribution in [0.5, 0.6) is 0 Å². The largest absolute Gasteiger partial charge is 0.505 e. The fraction of sp³-hybridized carbons (Fsp3) is 0.571. The lowest BCUT2D eigenvalue weighted by Gasteiger charge is -2.13. The van der Waals surface area contributed by atoms with Gasteiger partial charge in [-0.05, 0) is 24.8 Å². The van der Waals surface area contributed by atoms with Crippen molar-refractivity contribution in [3.05, 3.63) is 23.9 Å². The molecule has 4 nitrogen and oxygen atoms in total. The fourth-order valence-corrected chi connectivity index (χ4v) is 2.12. The van der Waals surface area contributed by atoms with Crippen LogP contribution in [0.1, 0.15) is 44.9 Å². The van der Waals surface area contributed by atoms with Gasteiger partial charge in [-0.3, -0.25) is 0 Å². The Kier molecular flexibility index (Phi) is 4.56. The molecule has 3 N–H and O–H groups in total. The SMILES string of the molecule is N=C/C=C1/N=C(CCCCCC2CC2)C(O)=CN1. The maximum Gasteiger partial charge on any atom is 0.153 e. The van der Waals surface area contributed by atoms with Gasteiger partial charge in [0.05, 0.1) is 5.71 Å². The van der Waals surface area contributed by atoms with Crippen LogP contribution < -0.4 is 5.32 Å². The number of hydrogen-bond donors (Lipinski definition) is 3. The standard InChI is InChI=1S/C14H21N3O/c15-9-8-14-16-10-13(18)12(17-14)5-3-1-2-4-11-6-7-11/h8-11,15-16,18H,1-7H2/b14-8+,15-9?.